The van der Waals surface area contributed by atoms with Crippen molar-refractivity contribution in [2.75, 3.05) is 13.7 Å². The summed E-state index contributed by atoms with van der Waals surface area (Å²) in [5.41, 5.74) is -0.964. The van der Waals surface area contributed by atoms with Crippen LogP contribution in [0.3, 0.4) is 0 Å². The predicted octanol–water partition coefficient (Wildman–Crippen LogP) is 1.12. The van der Waals surface area contributed by atoms with Gasteiger partial charge in [-0.25, -0.2) is 4.79 Å². The van der Waals surface area contributed by atoms with Crippen LogP contribution in [0.5, 0.6) is 0 Å². The van der Waals surface area contributed by atoms with Crippen molar-refractivity contribution in [3.8, 4) is 0 Å². The zero-order chi connectivity index (χ0) is 13.2. The van der Waals surface area contributed by atoms with E-state index in [2.05, 4.69) is 0 Å². The molecule has 1 N–H and O–H groups in total. The van der Waals surface area contributed by atoms with E-state index in [1.807, 2.05) is 6.92 Å². The Labute approximate surface area is 102 Å². The lowest BCUT2D eigenvalue weighted by molar-refractivity contribution is -0.163. The second-order valence-electron chi connectivity index (χ2n) is 5.20. The van der Waals surface area contributed by atoms with Gasteiger partial charge in [-0.3, -0.25) is 4.79 Å². The third-order valence-corrected chi connectivity index (χ3v) is 3.44. The highest BCUT2D eigenvalue weighted by Crippen LogP contribution is 2.26. The molecule has 2 unspecified atom stereocenters. The first-order valence-electron chi connectivity index (χ1n) is 5.88. The van der Waals surface area contributed by atoms with Gasteiger partial charge >= 0.3 is 5.97 Å². The van der Waals surface area contributed by atoms with E-state index in [1.165, 1.54) is 12.0 Å². The van der Waals surface area contributed by atoms with Gasteiger partial charge in [0.25, 0.3) is 5.91 Å². The van der Waals surface area contributed by atoms with Gasteiger partial charge in [-0.15, -0.1) is 0 Å². The second kappa shape index (κ2) is 5.04. The maximum Gasteiger partial charge on any atom is 0.326 e. The molecule has 0 aromatic heterocycles. The number of amides is 1. The van der Waals surface area contributed by atoms with Crippen LogP contribution in [-0.2, 0) is 14.3 Å². The number of methoxy groups -OCH3 is 1. The van der Waals surface area contributed by atoms with Gasteiger partial charge in [0.1, 0.15) is 11.6 Å². The van der Waals surface area contributed by atoms with E-state index < -0.39 is 17.6 Å². The van der Waals surface area contributed by atoms with Crippen LogP contribution in [0.4, 0.5) is 0 Å². The third kappa shape index (κ3) is 2.97. The van der Waals surface area contributed by atoms with E-state index in [4.69, 9.17) is 4.74 Å². The van der Waals surface area contributed by atoms with E-state index in [0.717, 1.165) is 6.42 Å². The minimum Gasteiger partial charge on any atom is -0.480 e. The molecule has 0 aliphatic carbocycles. The van der Waals surface area contributed by atoms with E-state index in [1.54, 1.807) is 13.8 Å². The molecule has 0 radical (unpaired) electrons. The number of nitrogens with zero attached hydrogens (tertiary/aromatic N) is 1. The molecule has 1 heterocycles. The largest absolute Gasteiger partial charge is 0.480 e. The fourth-order valence-electron chi connectivity index (χ4n) is 2.05. The van der Waals surface area contributed by atoms with E-state index in [9.17, 15) is 14.7 Å². The predicted molar refractivity (Wildman–Crippen MR) is 62.6 cm³/mol. The normalized spacial score (nSPS) is 25.8. The molecular formula is C12H21NO4. The van der Waals surface area contributed by atoms with Crippen LogP contribution in [-0.4, -0.2) is 47.2 Å². The molecule has 0 saturated carbocycles. The number of ether oxygens (including phenoxy) is 1. The molecule has 5 nitrogen and oxygen atoms in total. The summed E-state index contributed by atoms with van der Waals surface area (Å²) in [6, 6.07) is -0.722. The van der Waals surface area contributed by atoms with Crippen LogP contribution >= 0.6 is 0 Å². The molecule has 1 aliphatic heterocycles. The highest BCUT2D eigenvalue weighted by molar-refractivity contribution is 5.89. The number of hydrogen-bond donors (Lipinski definition) is 1. The summed E-state index contributed by atoms with van der Waals surface area (Å²) < 4.78 is 5.12. The average molecular weight is 243 g/mol. The Morgan fingerprint density at radius 1 is 1.41 bits per heavy atom. The lowest BCUT2D eigenvalue weighted by atomic mass is 9.91. The Balaban J connectivity index is 2.87. The van der Waals surface area contributed by atoms with Crippen LogP contribution in [0, 0.1) is 5.92 Å². The number of carbonyl (C=O) groups is 2. The van der Waals surface area contributed by atoms with Gasteiger partial charge in [-0.1, -0.05) is 6.92 Å². The number of carboxylic acid groups (broad SMARTS) is 1. The van der Waals surface area contributed by atoms with Gasteiger partial charge in [0, 0.05) is 13.7 Å². The Hall–Kier alpha value is -1.10. The molecule has 1 fully saturated rings. The zero-order valence-corrected chi connectivity index (χ0v) is 10.9. The SMILES string of the molecule is COC(C)(C)C(=O)N1CCC(C)CC1C(=O)O. The van der Waals surface area contributed by atoms with Gasteiger partial charge in [-0.2, -0.15) is 0 Å². The van der Waals surface area contributed by atoms with Crippen molar-refractivity contribution < 1.29 is 19.4 Å². The maximum absolute atomic E-state index is 12.2. The van der Waals surface area contributed by atoms with E-state index >= 15 is 0 Å². The number of likely N-dealkylation sites (tertiary alicyclic amines) is 1. The van der Waals surface area contributed by atoms with Crippen LogP contribution in [0.25, 0.3) is 0 Å². The van der Waals surface area contributed by atoms with Crippen molar-refractivity contribution in [3.63, 3.8) is 0 Å². The average Bonchev–Trinajstić information content (AvgIpc) is 2.28. The first-order chi connectivity index (χ1) is 7.79. The minimum atomic E-state index is -0.964. The van der Waals surface area contributed by atoms with Crippen molar-refractivity contribution in [3.05, 3.63) is 0 Å². The number of aliphatic carboxylic acids is 1. The number of rotatable bonds is 3. The molecule has 0 aromatic carbocycles. The highest BCUT2D eigenvalue weighted by Gasteiger charge is 2.40. The van der Waals surface area contributed by atoms with Gasteiger partial charge in [-0.05, 0) is 32.6 Å². The van der Waals surface area contributed by atoms with Crippen molar-refractivity contribution >= 4 is 11.9 Å². The Morgan fingerprint density at radius 2 is 2.00 bits per heavy atom. The van der Waals surface area contributed by atoms with E-state index in [0.29, 0.717) is 18.9 Å². The number of carbonyl (C=O) groups excluding carboxylic acids is 1. The molecule has 2 atom stereocenters. The fraction of sp³-hybridized carbons (Fsp3) is 0.833. The third-order valence-electron chi connectivity index (χ3n) is 3.44. The summed E-state index contributed by atoms with van der Waals surface area (Å²) in [6.07, 6.45) is 1.36. The summed E-state index contributed by atoms with van der Waals surface area (Å²) in [5.74, 6) is -0.845. The number of piperidine rings is 1. The summed E-state index contributed by atoms with van der Waals surface area (Å²) >= 11 is 0. The van der Waals surface area contributed by atoms with E-state index in [-0.39, 0.29) is 5.91 Å². The van der Waals surface area contributed by atoms with Crippen molar-refractivity contribution in [2.45, 2.75) is 45.3 Å². The summed E-state index contributed by atoms with van der Waals surface area (Å²) in [4.78, 5) is 24.8. The van der Waals surface area contributed by atoms with Crippen LogP contribution in [0.15, 0.2) is 0 Å². The molecule has 1 amide bonds. The Bertz CT molecular complexity index is 314. The van der Waals surface area contributed by atoms with Crippen LogP contribution < -0.4 is 0 Å². The number of carboxylic acids is 1. The van der Waals surface area contributed by atoms with Gasteiger partial charge in [0.05, 0.1) is 0 Å². The fourth-order valence-corrected chi connectivity index (χ4v) is 2.05. The van der Waals surface area contributed by atoms with Gasteiger partial charge < -0.3 is 14.7 Å². The van der Waals surface area contributed by atoms with Crippen LogP contribution in [0.2, 0.25) is 0 Å². The summed E-state index contributed by atoms with van der Waals surface area (Å²) in [6.45, 7) is 5.82. The maximum atomic E-state index is 12.2. The van der Waals surface area contributed by atoms with Crippen molar-refractivity contribution in [1.82, 2.24) is 4.90 Å². The Morgan fingerprint density at radius 3 is 2.47 bits per heavy atom. The molecular weight excluding hydrogens is 222 g/mol. The minimum absolute atomic E-state index is 0.251. The second-order valence-corrected chi connectivity index (χ2v) is 5.20. The molecule has 0 spiro atoms. The smallest absolute Gasteiger partial charge is 0.326 e. The van der Waals surface area contributed by atoms with Crippen LogP contribution in [0.1, 0.15) is 33.6 Å². The molecule has 5 heteroatoms. The molecule has 1 saturated heterocycles. The molecule has 1 rings (SSSR count). The quantitative estimate of drug-likeness (QED) is 0.806. The van der Waals surface area contributed by atoms with Crippen molar-refractivity contribution in [2.24, 2.45) is 5.92 Å². The molecule has 98 valence electrons. The monoisotopic (exact) mass is 243 g/mol. The Kier molecular flexibility index (Phi) is 4.14. The molecule has 0 aromatic rings. The summed E-state index contributed by atoms with van der Waals surface area (Å²) in [7, 11) is 1.46. The van der Waals surface area contributed by atoms with Crippen molar-refractivity contribution in [1.29, 1.82) is 0 Å². The first-order valence-corrected chi connectivity index (χ1v) is 5.88. The standard InChI is InChI=1S/C12H21NO4/c1-8-5-6-13(9(7-8)10(14)15)11(16)12(2,3)17-4/h8-9H,5-7H2,1-4H3,(H,14,15). The molecule has 17 heavy (non-hydrogen) atoms. The summed E-state index contributed by atoms with van der Waals surface area (Å²) in [5, 5.41) is 9.18. The van der Waals surface area contributed by atoms with Gasteiger partial charge in [0.15, 0.2) is 0 Å². The molecule has 0 bridgehead atoms. The lowest BCUT2D eigenvalue weighted by Gasteiger charge is -2.39. The zero-order valence-electron chi connectivity index (χ0n) is 10.9. The molecule has 1 aliphatic rings. The van der Waals surface area contributed by atoms with Gasteiger partial charge in [0.2, 0.25) is 0 Å². The topological polar surface area (TPSA) is 66.8 Å². The lowest BCUT2D eigenvalue weighted by Crippen LogP contribution is -2.56. The number of hydrogen-bond acceptors (Lipinski definition) is 3. The first kappa shape index (κ1) is 14.0. The highest BCUT2D eigenvalue weighted by atomic mass is 16.5.